The SMILES string of the molecule is CC(C)(C)OC(=O)N1CCCC1COc1cc(Cl)c[n+]([O-])c1. The molecule has 0 saturated carbocycles. The number of hydrogen-bond acceptors (Lipinski definition) is 4. The van der Waals surface area contributed by atoms with Crippen LogP contribution in [0, 0.1) is 5.21 Å². The Morgan fingerprint density at radius 1 is 1.50 bits per heavy atom. The van der Waals surface area contributed by atoms with Crippen LogP contribution < -0.4 is 9.47 Å². The fraction of sp³-hybridized carbons (Fsp3) is 0.600. The number of amides is 1. The first-order valence-corrected chi connectivity index (χ1v) is 7.64. The van der Waals surface area contributed by atoms with Crippen molar-refractivity contribution >= 4 is 17.7 Å². The molecule has 0 spiro atoms. The van der Waals surface area contributed by atoms with Crippen LogP contribution >= 0.6 is 11.6 Å². The predicted octanol–water partition coefficient (Wildman–Crippen LogP) is 2.75. The van der Waals surface area contributed by atoms with Crippen molar-refractivity contribution in [2.75, 3.05) is 13.2 Å². The molecule has 1 saturated heterocycles. The van der Waals surface area contributed by atoms with Gasteiger partial charge in [0.15, 0.2) is 11.9 Å². The number of hydrogen-bond donors (Lipinski definition) is 0. The highest BCUT2D eigenvalue weighted by molar-refractivity contribution is 6.30. The predicted molar refractivity (Wildman–Crippen MR) is 81.9 cm³/mol. The molecule has 0 aliphatic carbocycles. The van der Waals surface area contributed by atoms with Gasteiger partial charge in [-0.25, -0.2) is 4.79 Å². The number of likely N-dealkylation sites (tertiary alicyclic amines) is 1. The summed E-state index contributed by atoms with van der Waals surface area (Å²) in [6.45, 7) is 6.47. The zero-order valence-corrected chi connectivity index (χ0v) is 13.8. The maximum atomic E-state index is 12.2. The van der Waals surface area contributed by atoms with Gasteiger partial charge in [-0.2, -0.15) is 4.73 Å². The highest BCUT2D eigenvalue weighted by Gasteiger charge is 2.32. The molecule has 2 rings (SSSR count). The lowest BCUT2D eigenvalue weighted by molar-refractivity contribution is -0.605. The van der Waals surface area contributed by atoms with Gasteiger partial charge in [0.2, 0.25) is 6.20 Å². The van der Waals surface area contributed by atoms with E-state index >= 15 is 0 Å². The van der Waals surface area contributed by atoms with Gasteiger partial charge >= 0.3 is 6.09 Å². The molecule has 1 amide bonds. The van der Waals surface area contributed by atoms with Crippen LogP contribution in [0.2, 0.25) is 5.02 Å². The lowest BCUT2D eigenvalue weighted by Crippen LogP contribution is -2.42. The van der Waals surface area contributed by atoms with Crippen molar-refractivity contribution in [1.82, 2.24) is 4.90 Å². The molecule has 1 aromatic heterocycles. The Bertz CT molecular complexity index is 525. The smallest absolute Gasteiger partial charge is 0.410 e. The van der Waals surface area contributed by atoms with Gasteiger partial charge in [-0.3, -0.25) is 0 Å². The van der Waals surface area contributed by atoms with Crippen molar-refractivity contribution in [1.29, 1.82) is 0 Å². The Labute approximate surface area is 135 Å². The van der Waals surface area contributed by atoms with E-state index in [1.165, 1.54) is 12.4 Å². The summed E-state index contributed by atoms with van der Waals surface area (Å²) >= 11 is 5.81. The first-order valence-electron chi connectivity index (χ1n) is 7.26. The highest BCUT2D eigenvalue weighted by atomic mass is 35.5. The second-order valence-corrected chi connectivity index (χ2v) is 6.77. The summed E-state index contributed by atoms with van der Waals surface area (Å²) in [5, 5.41) is 11.6. The maximum absolute atomic E-state index is 12.2. The summed E-state index contributed by atoms with van der Waals surface area (Å²) in [6, 6.07) is 1.51. The van der Waals surface area contributed by atoms with Crippen LogP contribution in [0.5, 0.6) is 5.75 Å². The van der Waals surface area contributed by atoms with E-state index in [-0.39, 0.29) is 12.1 Å². The lowest BCUT2D eigenvalue weighted by atomic mass is 10.2. The highest BCUT2D eigenvalue weighted by Crippen LogP contribution is 2.22. The Balaban J connectivity index is 1.95. The van der Waals surface area contributed by atoms with E-state index in [4.69, 9.17) is 21.1 Å². The molecule has 1 aromatic rings. The first-order chi connectivity index (χ1) is 10.2. The van der Waals surface area contributed by atoms with Gasteiger partial charge in [0, 0.05) is 12.6 Å². The number of carbonyl (C=O) groups is 1. The van der Waals surface area contributed by atoms with E-state index in [2.05, 4.69) is 0 Å². The number of pyridine rings is 1. The van der Waals surface area contributed by atoms with E-state index in [1.54, 1.807) is 11.0 Å². The average Bonchev–Trinajstić information content (AvgIpc) is 2.81. The Morgan fingerprint density at radius 2 is 2.23 bits per heavy atom. The molecule has 1 aliphatic rings. The molecule has 1 aliphatic heterocycles. The van der Waals surface area contributed by atoms with Crippen LogP contribution in [0.25, 0.3) is 0 Å². The van der Waals surface area contributed by atoms with Gasteiger partial charge in [0.25, 0.3) is 0 Å². The van der Waals surface area contributed by atoms with E-state index in [0.29, 0.717) is 28.7 Å². The largest absolute Gasteiger partial charge is 0.619 e. The van der Waals surface area contributed by atoms with Crippen molar-refractivity contribution in [2.24, 2.45) is 0 Å². The molecule has 6 nitrogen and oxygen atoms in total. The minimum atomic E-state index is -0.522. The molecule has 0 N–H and O–H groups in total. The van der Waals surface area contributed by atoms with Crippen molar-refractivity contribution in [2.45, 2.75) is 45.3 Å². The van der Waals surface area contributed by atoms with Crippen molar-refractivity contribution in [3.63, 3.8) is 0 Å². The summed E-state index contributed by atoms with van der Waals surface area (Å²) in [6.07, 6.45) is 3.97. The molecule has 1 atom stereocenters. The average molecular weight is 329 g/mol. The molecule has 0 aromatic carbocycles. The van der Waals surface area contributed by atoms with Crippen LogP contribution in [-0.4, -0.2) is 35.8 Å². The van der Waals surface area contributed by atoms with E-state index in [0.717, 1.165) is 12.8 Å². The number of rotatable bonds is 3. The zero-order valence-electron chi connectivity index (χ0n) is 13.0. The third-order valence-electron chi connectivity index (χ3n) is 3.23. The van der Waals surface area contributed by atoms with Crippen molar-refractivity contribution < 1.29 is 19.0 Å². The number of aromatic nitrogens is 1. The quantitative estimate of drug-likeness (QED) is 0.632. The fourth-order valence-corrected chi connectivity index (χ4v) is 2.54. The maximum Gasteiger partial charge on any atom is 0.410 e. The molecule has 122 valence electrons. The normalized spacial score (nSPS) is 18.4. The Hall–Kier alpha value is -1.69. The minimum Gasteiger partial charge on any atom is -0.619 e. The zero-order chi connectivity index (χ0) is 16.3. The van der Waals surface area contributed by atoms with E-state index in [1.807, 2.05) is 20.8 Å². The van der Waals surface area contributed by atoms with Gasteiger partial charge < -0.3 is 19.6 Å². The van der Waals surface area contributed by atoms with E-state index in [9.17, 15) is 10.0 Å². The third-order valence-corrected chi connectivity index (χ3v) is 3.44. The van der Waals surface area contributed by atoms with Crippen LogP contribution in [0.1, 0.15) is 33.6 Å². The Kier molecular flexibility index (Phi) is 5.01. The summed E-state index contributed by atoms with van der Waals surface area (Å²) in [4.78, 5) is 13.8. The van der Waals surface area contributed by atoms with E-state index < -0.39 is 5.60 Å². The summed E-state index contributed by atoms with van der Waals surface area (Å²) in [5.41, 5.74) is -0.522. The third kappa shape index (κ3) is 4.66. The molecule has 2 heterocycles. The molecule has 1 fully saturated rings. The van der Waals surface area contributed by atoms with Gasteiger partial charge in [-0.1, -0.05) is 11.6 Å². The molecule has 7 heteroatoms. The van der Waals surface area contributed by atoms with Gasteiger partial charge in [-0.15, -0.1) is 0 Å². The molecular weight excluding hydrogens is 308 g/mol. The topological polar surface area (TPSA) is 65.7 Å². The first kappa shape index (κ1) is 16.7. The van der Waals surface area contributed by atoms with Crippen LogP contribution in [0.15, 0.2) is 18.5 Å². The van der Waals surface area contributed by atoms with Gasteiger partial charge in [0.05, 0.1) is 6.04 Å². The molecule has 0 radical (unpaired) electrons. The van der Waals surface area contributed by atoms with Crippen LogP contribution in [0.4, 0.5) is 4.79 Å². The Morgan fingerprint density at radius 3 is 2.86 bits per heavy atom. The lowest BCUT2D eigenvalue weighted by Gasteiger charge is -2.28. The summed E-state index contributed by atoms with van der Waals surface area (Å²) < 4.78 is 11.6. The van der Waals surface area contributed by atoms with Crippen molar-refractivity contribution in [3.05, 3.63) is 28.7 Å². The minimum absolute atomic E-state index is 0.0612. The standard InChI is InChI=1S/C15H21ClN2O4/c1-15(2,3)22-14(19)18-6-4-5-12(18)10-21-13-7-11(16)8-17(20)9-13/h7-9,12H,4-6,10H2,1-3H3. The van der Waals surface area contributed by atoms with Gasteiger partial charge in [-0.05, 0) is 33.6 Å². The molecular formula is C15H21ClN2O4. The summed E-state index contributed by atoms with van der Waals surface area (Å²) in [7, 11) is 0. The molecule has 1 unspecified atom stereocenters. The second kappa shape index (κ2) is 6.60. The summed E-state index contributed by atoms with van der Waals surface area (Å²) in [5.74, 6) is 0.388. The molecule has 22 heavy (non-hydrogen) atoms. The second-order valence-electron chi connectivity index (χ2n) is 6.33. The number of carbonyl (C=O) groups excluding carboxylic acids is 1. The van der Waals surface area contributed by atoms with Crippen molar-refractivity contribution in [3.8, 4) is 5.75 Å². The van der Waals surface area contributed by atoms with Gasteiger partial charge in [0.1, 0.15) is 17.2 Å². The molecule has 0 bridgehead atoms. The number of ether oxygens (including phenoxy) is 2. The number of halogens is 1. The number of nitrogens with zero attached hydrogens (tertiary/aromatic N) is 2. The van der Waals surface area contributed by atoms with Crippen LogP contribution in [0.3, 0.4) is 0 Å². The fourth-order valence-electron chi connectivity index (χ4n) is 2.34. The van der Waals surface area contributed by atoms with Crippen LogP contribution in [-0.2, 0) is 4.74 Å². The monoisotopic (exact) mass is 328 g/mol.